The van der Waals surface area contributed by atoms with Gasteiger partial charge < -0.3 is 14.9 Å². The van der Waals surface area contributed by atoms with E-state index in [2.05, 4.69) is 10.5 Å². The number of carbonyl (C=O) groups excluding carboxylic acids is 1. The summed E-state index contributed by atoms with van der Waals surface area (Å²) in [5, 5.41) is 14.9. The lowest BCUT2D eigenvalue weighted by Gasteiger charge is -2.09. The maximum Gasteiger partial charge on any atom is 0.303 e. The molecule has 0 spiro atoms. The lowest BCUT2D eigenvalue weighted by molar-refractivity contribution is -0.138. The van der Waals surface area contributed by atoms with Crippen molar-refractivity contribution in [1.82, 2.24) is 10.5 Å². The number of aliphatic carboxylic acids is 1. The van der Waals surface area contributed by atoms with Crippen LogP contribution in [0.5, 0.6) is 0 Å². The molecular weight excluding hydrogens is 224 g/mol. The molecule has 0 fully saturated rings. The lowest BCUT2D eigenvalue weighted by atomic mass is 10.1. The number of nitrogens with zero attached hydrogens (tertiary/aromatic N) is 1. The number of carboxylic acid groups (broad SMARTS) is 1. The van der Waals surface area contributed by atoms with Crippen LogP contribution in [0.15, 0.2) is 10.6 Å². The molecule has 6 nitrogen and oxygen atoms in total. The van der Waals surface area contributed by atoms with Gasteiger partial charge in [-0.3, -0.25) is 9.59 Å². The van der Waals surface area contributed by atoms with Crippen molar-refractivity contribution in [2.45, 2.75) is 26.7 Å². The van der Waals surface area contributed by atoms with E-state index >= 15 is 0 Å². The molecule has 1 heterocycles. The van der Waals surface area contributed by atoms with Crippen LogP contribution in [-0.2, 0) is 16.0 Å². The molecule has 17 heavy (non-hydrogen) atoms. The summed E-state index contributed by atoms with van der Waals surface area (Å²) in [6.07, 6.45) is 0.195. The predicted octanol–water partition coefficient (Wildman–Crippen LogP) is 0.753. The molecule has 1 atom stereocenters. The summed E-state index contributed by atoms with van der Waals surface area (Å²) in [5.74, 6) is -0.475. The highest BCUT2D eigenvalue weighted by Gasteiger charge is 2.11. The zero-order valence-electron chi connectivity index (χ0n) is 9.90. The minimum Gasteiger partial charge on any atom is -0.481 e. The van der Waals surface area contributed by atoms with E-state index in [0.717, 1.165) is 0 Å². The van der Waals surface area contributed by atoms with Crippen LogP contribution in [0.1, 0.15) is 24.8 Å². The smallest absolute Gasteiger partial charge is 0.303 e. The quantitative estimate of drug-likeness (QED) is 0.765. The van der Waals surface area contributed by atoms with Gasteiger partial charge in [-0.15, -0.1) is 0 Å². The van der Waals surface area contributed by atoms with Crippen molar-refractivity contribution in [1.29, 1.82) is 0 Å². The second kappa shape index (κ2) is 6.03. The monoisotopic (exact) mass is 240 g/mol. The van der Waals surface area contributed by atoms with Gasteiger partial charge in [-0.1, -0.05) is 12.1 Å². The third-order valence-corrected chi connectivity index (χ3v) is 2.19. The lowest BCUT2D eigenvalue weighted by Crippen LogP contribution is -2.30. The zero-order valence-corrected chi connectivity index (χ0v) is 9.90. The van der Waals surface area contributed by atoms with Crippen LogP contribution in [0.2, 0.25) is 0 Å². The number of aromatic nitrogens is 1. The Labute approximate surface area is 99.0 Å². The van der Waals surface area contributed by atoms with Crippen LogP contribution in [0.25, 0.3) is 0 Å². The molecule has 0 aromatic carbocycles. The van der Waals surface area contributed by atoms with E-state index in [1.54, 1.807) is 19.9 Å². The van der Waals surface area contributed by atoms with Crippen LogP contribution >= 0.6 is 0 Å². The van der Waals surface area contributed by atoms with Crippen molar-refractivity contribution < 1.29 is 19.2 Å². The molecule has 1 unspecified atom stereocenters. The summed E-state index contributed by atoms with van der Waals surface area (Å²) >= 11 is 0. The van der Waals surface area contributed by atoms with E-state index in [9.17, 15) is 9.59 Å². The maximum atomic E-state index is 11.5. The Morgan fingerprint density at radius 3 is 2.82 bits per heavy atom. The highest BCUT2D eigenvalue weighted by Crippen LogP contribution is 2.03. The summed E-state index contributed by atoms with van der Waals surface area (Å²) in [6.45, 7) is 3.87. The van der Waals surface area contributed by atoms with Crippen molar-refractivity contribution >= 4 is 11.9 Å². The molecule has 2 N–H and O–H groups in total. The molecular formula is C11H16N2O4. The Kier molecular flexibility index (Phi) is 4.68. The molecule has 0 saturated heterocycles. The number of rotatable bonds is 6. The third-order valence-electron chi connectivity index (χ3n) is 2.19. The fourth-order valence-corrected chi connectivity index (χ4v) is 1.39. The van der Waals surface area contributed by atoms with Crippen LogP contribution in [0.3, 0.4) is 0 Å². The van der Waals surface area contributed by atoms with Crippen molar-refractivity contribution in [2.75, 3.05) is 6.54 Å². The Bertz CT molecular complexity index is 400. The van der Waals surface area contributed by atoms with Gasteiger partial charge in [0.1, 0.15) is 5.76 Å². The summed E-state index contributed by atoms with van der Waals surface area (Å²) < 4.78 is 4.84. The third kappa shape index (κ3) is 5.14. The Morgan fingerprint density at radius 2 is 2.29 bits per heavy atom. The second-order valence-corrected chi connectivity index (χ2v) is 4.11. The largest absolute Gasteiger partial charge is 0.481 e. The van der Waals surface area contributed by atoms with Gasteiger partial charge in [-0.25, -0.2) is 0 Å². The highest BCUT2D eigenvalue weighted by molar-refractivity contribution is 5.78. The van der Waals surface area contributed by atoms with Crippen LogP contribution in [-0.4, -0.2) is 28.7 Å². The van der Waals surface area contributed by atoms with E-state index in [1.807, 2.05) is 0 Å². The molecule has 0 radical (unpaired) electrons. The summed E-state index contributed by atoms with van der Waals surface area (Å²) in [7, 11) is 0. The first-order chi connectivity index (χ1) is 7.97. The Hall–Kier alpha value is -1.85. The van der Waals surface area contributed by atoms with E-state index < -0.39 is 5.97 Å². The number of carboxylic acids is 1. The van der Waals surface area contributed by atoms with E-state index in [-0.39, 0.29) is 24.7 Å². The first-order valence-corrected chi connectivity index (χ1v) is 5.38. The fraction of sp³-hybridized carbons (Fsp3) is 0.545. The highest BCUT2D eigenvalue weighted by atomic mass is 16.5. The predicted molar refractivity (Wildman–Crippen MR) is 59.4 cm³/mol. The first-order valence-electron chi connectivity index (χ1n) is 5.38. The first kappa shape index (κ1) is 13.2. The Balaban J connectivity index is 2.28. The SMILES string of the molecule is Cc1cc(CC(=O)NCC(C)CC(=O)O)no1. The average molecular weight is 240 g/mol. The molecule has 0 bridgehead atoms. The average Bonchev–Trinajstić information content (AvgIpc) is 2.60. The van der Waals surface area contributed by atoms with Crippen molar-refractivity contribution in [2.24, 2.45) is 5.92 Å². The van der Waals surface area contributed by atoms with Crippen molar-refractivity contribution in [3.63, 3.8) is 0 Å². The van der Waals surface area contributed by atoms with Crippen molar-refractivity contribution in [3.8, 4) is 0 Å². The van der Waals surface area contributed by atoms with E-state index in [0.29, 0.717) is 18.0 Å². The molecule has 0 aliphatic heterocycles. The van der Waals surface area contributed by atoms with Gasteiger partial charge in [0.25, 0.3) is 0 Å². The van der Waals surface area contributed by atoms with Gasteiger partial charge in [-0.2, -0.15) is 0 Å². The minimum absolute atomic E-state index is 0.0450. The van der Waals surface area contributed by atoms with Gasteiger partial charge in [0.15, 0.2) is 0 Å². The molecule has 1 rings (SSSR count). The normalized spacial score (nSPS) is 12.1. The molecule has 1 amide bonds. The molecule has 0 aliphatic rings. The minimum atomic E-state index is -0.862. The second-order valence-electron chi connectivity index (χ2n) is 4.11. The van der Waals surface area contributed by atoms with Gasteiger partial charge in [0.05, 0.1) is 12.1 Å². The van der Waals surface area contributed by atoms with Crippen LogP contribution in [0, 0.1) is 12.8 Å². The summed E-state index contributed by atoms with van der Waals surface area (Å²) in [6, 6.07) is 1.69. The standard InChI is InChI=1S/C11H16N2O4/c1-7(3-11(15)16)6-12-10(14)5-9-4-8(2)17-13-9/h4,7H,3,5-6H2,1-2H3,(H,12,14)(H,15,16). The molecule has 6 heteroatoms. The summed E-state index contributed by atoms with van der Waals surface area (Å²) in [4.78, 5) is 21.9. The van der Waals surface area contributed by atoms with E-state index in [1.165, 1.54) is 0 Å². The molecule has 0 aliphatic carbocycles. The van der Waals surface area contributed by atoms with Gasteiger partial charge in [-0.05, 0) is 12.8 Å². The summed E-state index contributed by atoms with van der Waals surface area (Å²) in [5.41, 5.74) is 0.575. The van der Waals surface area contributed by atoms with Gasteiger partial charge in [0.2, 0.25) is 5.91 Å². The van der Waals surface area contributed by atoms with Crippen molar-refractivity contribution in [3.05, 3.63) is 17.5 Å². The molecule has 0 saturated carbocycles. The van der Waals surface area contributed by atoms with Crippen LogP contribution < -0.4 is 5.32 Å². The molecule has 94 valence electrons. The van der Waals surface area contributed by atoms with E-state index in [4.69, 9.17) is 9.63 Å². The number of aryl methyl sites for hydroxylation is 1. The molecule has 1 aromatic rings. The number of hydrogen-bond donors (Lipinski definition) is 2. The number of nitrogens with one attached hydrogen (secondary N) is 1. The van der Waals surface area contributed by atoms with Gasteiger partial charge >= 0.3 is 5.97 Å². The van der Waals surface area contributed by atoms with Crippen LogP contribution in [0.4, 0.5) is 0 Å². The maximum absolute atomic E-state index is 11.5. The zero-order chi connectivity index (χ0) is 12.8. The molecule has 1 aromatic heterocycles. The number of carbonyl (C=O) groups is 2. The topological polar surface area (TPSA) is 92.4 Å². The van der Waals surface area contributed by atoms with Gasteiger partial charge in [0, 0.05) is 19.0 Å². The Morgan fingerprint density at radius 1 is 1.59 bits per heavy atom. The number of amides is 1. The number of hydrogen-bond acceptors (Lipinski definition) is 4. The fourth-order valence-electron chi connectivity index (χ4n) is 1.39.